The summed E-state index contributed by atoms with van der Waals surface area (Å²) in [6, 6.07) is 10.8. The third-order valence-corrected chi connectivity index (χ3v) is 8.54. The summed E-state index contributed by atoms with van der Waals surface area (Å²) in [6.45, 7) is 3.71. The molecule has 0 fully saturated rings. The quantitative estimate of drug-likeness (QED) is 0.163. The van der Waals surface area contributed by atoms with Crippen molar-refractivity contribution in [3.05, 3.63) is 104 Å². The van der Waals surface area contributed by atoms with E-state index in [1.165, 1.54) is 24.3 Å². The monoisotopic (exact) mass is 582 g/mol. The first-order valence-corrected chi connectivity index (χ1v) is 14.1. The maximum absolute atomic E-state index is 13.8. The Labute approximate surface area is 246 Å². The molecule has 4 aromatic rings. The molecule has 0 radical (unpaired) electrons. The first-order chi connectivity index (χ1) is 20.5. The van der Waals surface area contributed by atoms with Gasteiger partial charge in [-0.3, -0.25) is 9.59 Å². The second-order valence-electron chi connectivity index (χ2n) is 11.2. The zero-order valence-corrected chi connectivity index (χ0v) is 23.4. The van der Waals surface area contributed by atoms with E-state index in [9.17, 15) is 45.3 Å². The van der Waals surface area contributed by atoms with Crippen LogP contribution in [0.25, 0.3) is 0 Å². The van der Waals surface area contributed by atoms with Crippen molar-refractivity contribution < 1.29 is 45.3 Å². The number of ketones is 2. The van der Waals surface area contributed by atoms with Crippen LogP contribution in [0.4, 0.5) is 0 Å². The largest absolute Gasteiger partial charge is 0.508 e. The van der Waals surface area contributed by atoms with Crippen LogP contribution in [0.3, 0.4) is 0 Å². The smallest absolute Gasteiger partial charge is 0.201 e. The van der Waals surface area contributed by atoms with Crippen LogP contribution < -0.4 is 0 Å². The lowest BCUT2D eigenvalue weighted by atomic mass is 9.63. The molecule has 6 rings (SSSR count). The van der Waals surface area contributed by atoms with Crippen molar-refractivity contribution in [2.75, 3.05) is 0 Å². The maximum Gasteiger partial charge on any atom is 0.201 e. The van der Waals surface area contributed by atoms with Gasteiger partial charge in [0.25, 0.3) is 0 Å². The Morgan fingerprint density at radius 2 is 1.00 bits per heavy atom. The Balaban J connectivity index is 1.79. The number of phenolic OH excluding ortho intramolecular Hbond substituents is 6. The van der Waals surface area contributed by atoms with E-state index in [4.69, 9.17) is 0 Å². The van der Waals surface area contributed by atoms with Crippen LogP contribution in [0.2, 0.25) is 0 Å². The summed E-state index contributed by atoms with van der Waals surface area (Å²) >= 11 is 0. The van der Waals surface area contributed by atoms with E-state index < -0.39 is 46.8 Å². The van der Waals surface area contributed by atoms with Crippen LogP contribution in [0.1, 0.15) is 110 Å². The van der Waals surface area contributed by atoms with Crippen molar-refractivity contribution in [2.45, 2.75) is 51.0 Å². The van der Waals surface area contributed by atoms with Gasteiger partial charge in [0.2, 0.25) is 11.6 Å². The molecule has 220 valence electrons. The maximum atomic E-state index is 13.8. The van der Waals surface area contributed by atoms with Gasteiger partial charge < -0.3 is 35.7 Å². The van der Waals surface area contributed by atoms with Crippen LogP contribution in [0, 0.1) is 0 Å². The Morgan fingerprint density at radius 1 is 0.581 bits per heavy atom. The highest BCUT2D eigenvalue weighted by Crippen LogP contribution is 2.57. The zero-order valence-electron chi connectivity index (χ0n) is 23.4. The Bertz CT molecular complexity index is 1860. The van der Waals surface area contributed by atoms with Crippen LogP contribution in [0.15, 0.2) is 48.5 Å². The van der Waals surface area contributed by atoms with E-state index in [0.29, 0.717) is 29.5 Å². The minimum absolute atomic E-state index is 0.0725. The van der Waals surface area contributed by atoms with Crippen LogP contribution in [0.5, 0.6) is 34.5 Å². The fraction of sp³-hybridized carbons (Fsp3) is 0.235. The molecule has 0 amide bonds. The third-order valence-electron chi connectivity index (χ3n) is 8.54. The summed E-state index contributed by atoms with van der Waals surface area (Å²) in [5.74, 6) is -5.83. The molecule has 2 aliphatic rings. The van der Waals surface area contributed by atoms with Gasteiger partial charge in [0, 0.05) is 24.0 Å². The third kappa shape index (κ3) is 4.19. The number of hydrogen-bond donors (Lipinski definition) is 7. The number of aryl methyl sites for hydroxylation is 1. The molecule has 2 aliphatic carbocycles. The van der Waals surface area contributed by atoms with E-state index >= 15 is 0 Å². The zero-order chi connectivity index (χ0) is 30.9. The van der Waals surface area contributed by atoms with E-state index in [2.05, 4.69) is 0 Å². The van der Waals surface area contributed by atoms with E-state index in [1.807, 2.05) is 6.92 Å². The van der Waals surface area contributed by atoms with Gasteiger partial charge in [0.05, 0.1) is 28.4 Å². The predicted octanol–water partition coefficient (Wildman–Crippen LogP) is 5.37. The molecule has 0 bridgehead atoms. The highest BCUT2D eigenvalue weighted by Gasteiger charge is 2.46. The summed E-state index contributed by atoms with van der Waals surface area (Å²) in [7, 11) is 0. The number of carbonyl (C=O) groups excluding carboxylic acids is 2. The number of fused-ring (bicyclic) bond motifs is 4. The molecule has 0 aromatic heterocycles. The summed E-state index contributed by atoms with van der Waals surface area (Å²) < 4.78 is 0. The molecular weight excluding hydrogens is 552 g/mol. The molecule has 0 saturated carbocycles. The Morgan fingerprint density at radius 3 is 1.47 bits per heavy atom. The number of phenols is 6. The van der Waals surface area contributed by atoms with E-state index in [-0.39, 0.29) is 56.2 Å². The molecule has 7 N–H and O–H groups in total. The SMILES string of the molecule is CCCc1cc(O)c2c(c1)C(C1c3cc(O)cc(O)c3C(=O)c3c(O)cc(C(O)CC)cc31)c1cc(O)cc(O)c1C2=O. The van der Waals surface area contributed by atoms with Gasteiger partial charge in [-0.1, -0.05) is 32.4 Å². The lowest BCUT2D eigenvalue weighted by Gasteiger charge is -2.39. The van der Waals surface area contributed by atoms with Crippen LogP contribution >= 0.6 is 0 Å². The van der Waals surface area contributed by atoms with Crippen molar-refractivity contribution in [2.24, 2.45) is 0 Å². The molecule has 3 atom stereocenters. The van der Waals surface area contributed by atoms with Gasteiger partial charge in [0.15, 0.2) is 0 Å². The average molecular weight is 583 g/mol. The number of benzene rings is 4. The van der Waals surface area contributed by atoms with Crippen molar-refractivity contribution >= 4 is 11.6 Å². The van der Waals surface area contributed by atoms with Gasteiger partial charge in [-0.05, 0) is 70.5 Å². The van der Waals surface area contributed by atoms with Crippen LogP contribution in [-0.4, -0.2) is 47.3 Å². The predicted molar refractivity (Wildman–Crippen MR) is 156 cm³/mol. The second kappa shape index (κ2) is 10.1. The molecule has 0 spiro atoms. The van der Waals surface area contributed by atoms with Crippen LogP contribution in [-0.2, 0) is 6.42 Å². The number of rotatable bonds is 5. The molecule has 0 aliphatic heterocycles. The van der Waals surface area contributed by atoms with Crippen molar-refractivity contribution in [3.63, 3.8) is 0 Å². The molecule has 9 heteroatoms. The van der Waals surface area contributed by atoms with Gasteiger partial charge in [0.1, 0.15) is 34.5 Å². The van der Waals surface area contributed by atoms with Crippen molar-refractivity contribution in [3.8, 4) is 34.5 Å². The molecule has 0 saturated heterocycles. The van der Waals surface area contributed by atoms with Crippen molar-refractivity contribution in [1.29, 1.82) is 0 Å². The number of aliphatic hydroxyl groups is 1. The summed E-state index contributed by atoms with van der Waals surface area (Å²) in [5.41, 5.74) is 1.42. The second-order valence-corrected chi connectivity index (χ2v) is 11.2. The van der Waals surface area contributed by atoms with E-state index in [1.54, 1.807) is 19.1 Å². The lowest BCUT2D eigenvalue weighted by Crippen LogP contribution is -2.30. The highest BCUT2D eigenvalue weighted by atomic mass is 16.3. The fourth-order valence-corrected chi connectivity index (χ4v) is 6.78. The first kappa shape index (κ1) is 28.1. The summed E-state index contributed by atoms with van der Waals surface area (Å²) in [4.78, 5) is 27.7. The highest BCUT2D eigenvalue weighted by molar-refractivity contribution is 6.18. The van der Waals surface area contributed by atoms with Gasteiger partial charge >= 0.3 is 0 Å². The number of aromatic hydroxyl groups is 6. The summed E-state index contributed by atoms with van der Waals surface area (Å²) in [6.07, 6.45) is 0.596. The molecule has 4 aromatic carbocycles. The molecular formula is C34H30O9. The number of aliphatic hydroxyl groups excluding tert-OH is 1. The first-order valence-electron chi connectivity index (χ1n) is 14.1. The minimum Gasteiger partial charge on any atom is -0.508 e. The number of carbonyl (C=O) groups is 2. The topological polar surface area (TPSA) is 176 Å². The lowest BCUT2D eigenvalue weighted by molar-refractivity contribution is 0.101. The van der Waals surface area contributed by atoms with Crippen molar-refractivity contribution in [1.82, 2.24) is 0 Å². The molecule has 0 heterocycles. The molecule has 43 heavy (non-hydrogen) atoms. The van der Waals surface area contributed by atoms with E-state index in [0.717, 1.165) is 18.6 Å². The molecule has 9 nitrogen and oxygen atoms in total. The average Bonchev–Trinajstić information content (AvgIpc) is 2.92. The number of hydrogen-bond acceptors (Lipinski definition) is 9. The molecule has 3 unspecified atom stereocenters. The Kier molecular flexibility index (Phi) is 6.58. The normalized spacial score (nSPS) is 17.6. The summed E-state index contributed by atoms with van der Waals surface area (Å²) in [5, 5.41) is 76.1. The Hall–Kier alpha value is -5.02. The standard InChI is InChI=1S/C34H30O9/c1-3-5-14-6-18-27(20-10-16(35)12-25(40)31(20)33(42)29(18)23(38)7-14)28-19-8-15(22(37)4-2)9-24(39)30(19)34(43)32-21(28)11-17(36)13-26(32)41/h6-13,22,27-28,35-41H,3-5H2,1-2H3. The van der Waals surface area contributed by atoms with Gasteiger partial charge in [-0.2, -0.15) is 0 Å². The minimum atomic E-state index is -1.02. The van der Waals surface area contributed by atoms with Gasteiger partial charge in [-0.15, -0.1) is 0 Å². The fourth-order valence-electron chi connectivity index (χ4n) is 6.78. The van der Waals surface area contributed by atoms with Gasteiger partial charge in [-0.25, -0.2) is 0 Å².